The Bertz CT molecular complexity index is 732. The number of imidazole rings is 1. The van der Waals surface area contributed by atoms with E-state index in [9.17, 15) is 0 Å². The highest BCUT2D eigenvalue weighted by Crippen LogP contribution is 2.26. The Morgan fingerprint density at radius 3 is 2.43 bits per heavy atom. The summed E-state index contributed by atoms with van der Waals surface area (Å²) in [5, 5.41) is 0.712. The summed E-state index contributed by atoms with van der Waals surface area (Å²) in [7, 11) is 0. The van der Waals surface area contributed by atoms with Crippen LogP contribution in [-0.4, -0.2) is 9.55 Å². The lowest BCUT2D eigenvalue weighted by molar-refractivity contribution is 0.806. The zero-order chi connectivity index (χ0) is 14.7. The maximum absolute atomic E-state index is 6.26. The number of nitrogens with zero attached hydrogens (tertiary/aromatic N) is 2. The van der Waals surface area contributed by atoms with E-state index in [1.165, 1.54) is 5.56 Å². The van der Waals surface area contributed by atoms with E-state index in [1.54, 1.807) is 6.20 Å². The number of halogens is 1. The number of benzene rings is 2. The van der Waals surface area contributed by atoms with Gasteiger partial charge in [-0.05, 0) is 23.3 Å². The first-order valence-corrected chi connectivity index (χ1v) is 7.19. The van der Waals surface area contributed by atoms with Crippen LogP contribution in [0.4, 0.5) is 0 Å². The number of hydrogen-bond acceptors (Lipinski definition) is 2. The highest BCUT2D eigenvalue weighted by Gasteiger charge is 2.09. The van der Waals surface area contributed by atoms with E-state index in [0.29, 0.717) is 11.6 Å². The molecule has 106 valence electrons. The molecule has 0 fully saturated rings. The molecule has 0 aliphatic heterocycles. The van der Waals surface area contributed by atoms with Crippen LogP contribution < -0.4 is 5.73 Å². The Morgan fingerprint density at radius 2 is 1.71 bits per heavy atom. The van der Waals surface area contributed by atoms with Crippen LogP contribution in [-0.2, 0) is 13.1 Å². The van der Waals surface area contributed by atoms with Gasteiger partial charge in [-0.15, -0.1) is 0 Å². The normalized spacial score (nSPS) is 10.8. The topological polar surface area (TPSA) is 43.8 Å². The van der Waals surface area contributed by atoms with E-state index in [1.807, 2.05) is 30.5 Å². The number of nitrogens with two attached hydrogens (primary N) is 1. The minimum Gasteiger partial charge on any atom is -0.327 e. The minimum atomic E-state index is 0.566. The third-order valence-corrected chi connectivity index (χ3v) is 3.77. The number of hydrogen-bond donors (Lipinski definition) is 1. The van der Waals surface area contributed by atoms with Crippen molar-refractivity contribution in [1.82, 2.24) is 9.55 Å². The van der Waals surface area contributed by atoms with Crippen LogP contribution in [0.2, 0.25) is 5.02 Å². The second kappa shape index (κ2) is 6.12. The fourth-order valence-electron chi connectivity index (χ4n) is 2.30. The van der Waals surface area contributed by atoms with Crippen LogP contribution in [0.5, 0.6) is 0 Å². The van der Waals surface area contributed by atoms with E-state index in [4.69, 9.17) is 17.3 Å². The predicted molar refractivity (Wildman–Crippen MR) is 86.1 cm³/mol. The van der Waals surface area contributed by atoms with Crippen molar-refractivity contribution in [3.05, 3.63) is 77.1 Å². The summed E-state index contributed by atoms with van der Waals surface area (Å²) in [5.74, 6) is 0.878. The molecule has 0 bridgehead atoms. The Balaban J connectivity index is 1.90. The molecular weight excluding hydrogens is 282 g/mol. The fourth-order valence-corrected chi connectivity index (χ4v) is 2.52. The van der Waals surface area contributed by atoms with Crippen molar-refractivity contribution in [1.29, 1.82) is 0 Å². The summed E-state index contributed by atoms with van der Waals surface area (Å²) in [6.07, 6.45) is 3.77. The third-order valence-electron chi connectivity index (χ3n) is 3.44. The molecule has 1 heterocycles. The van der Waals surface area contributed by atoms with Gasteiger partial charge in [-0.25, -0.2) is 4.98 Å². The molecule has 3 nitrogen and oxygen atoms in total. The van der Waals surface area contributed by atoms with Gasteiger partial charge in [0, 0.05) is 31.0 Å². The second-order valence-electron chi connectivity index (χ2n) is 4.88. The highest BCUT2D eigenvalue weighted by molar-refractivity contribution is 6.33. The first kappa shape index (κ1) is 13.9. The smallest absolute Gasteiger partial charge is 0.141 e. The van der Waals surface area contributed by atoms with Gasteiger partial charge in [0.1, 0.15) is 5.82 Å². The Hall–Kier alpha value is -2.10. The molecule has 0 aliphatic carbocycles. The van der Waals surface area contributed by atoms with E-state index in [2.05, 4.69) is 33.8 Å². The van der Waals surface area contributed by atoms with Crippen LogP contribution in [0.15, 0.2) is 60.9 Å². The molecule has 2 aromatic carbocycles. The molecule has 0 saturated carbocycles. The summed E-state index contributed by atoms with van der Waals surface area (Å²) < 4.78 is 2.10. The van der Waals surface area contributed by atoms with Crippen molar-refractivity contribution < 1.29 is 0 Å². The van der Waals surface area contributed by atoms with Gasteiger partial charge in [0.05, 0.1) is 5.02 Å². The molecular formula is C17H16ClN3. The molecule has 3 aromatic rings. The van der Waals surface area contributed by atoms with Gasteiger partial charge in [-0.3, -0.25) is 0 Å². The average Bonchev–Trinajstić information content (AvgIpc) is 2.96. The second-order valence-corrected chi connectivity index (χ2v) is 5.29. The van der Waals surface area contributed by atoms with Gasteiger partial charge >= 0.3 is 0 Å². The fraction of sp³-hybridized carbons (Fsp3) is 0.118. The molecule has 21 heavy (non-hydrogen) atoms. The van der Waals surface area contributed by atoms with Crippen molar-refractivity contribution in [2.45, 2.75) is 13.1 Å². The van der Waals surface area contributed by atoms with E-state index in [0.717, 1.165) is 23.5 Å². The van der Waals surface area contributed by atoms with Gasteiger partial charge in [0.2, 0.25) is 0 Å². The lowest BCUT2D eigenvalue weighted by atomic mass is 10.1. The van der Waals surface area contributed by atoms with Crippen molar-refractivity contribution in [2.24, 2.45) is 5.73 Å². The quantitative estimate of drug-likeness (QED) is 0.798. The summed E-state index contributed by atoms with van der Waals surface area (Å²) >= 11 is 6.26. The monoisotopic (exact) mass is 297 g/mol. The maximum atomic E-state index is 6.26. The summed E-state index contributed by atoms with van der Waals surface area (Å²) in [4.78, 5) is 4.44. The molecule has 0 spiro atoms. The summed E-state index contributed by atoms with van der Waals surface area (Å²) in [5.41, 5.74) is 8.91. The molecule has 3 rings (SSSR count). The Morgan fingerprint density at radius 1 is 1.00 bits per heavy atom. The van der Waals surface area contributed by atoms with Crippen LogP contribution in [0, 0.1) is 0 Å². The lowest BCUT2D eigenvalue weighted by Gasteiger charge is -2.10. The molecule has 0 unspecified atom stereocenters. The molecule has 1 aromatic heterocycles. The Kier molecular flexibility index (Phi) is 4.04. The van der Waals surface area contributed by atoms with Crippen molar-refractivity contribution >= 4 is 11.6 Å². The van der Waals surface area contributed by atoms with Crippen LogP contribution >= 0.6 is 11.6 Å². The van der Waals surface area contributed by atoms with Gasteiger partial charge < -0.3 is 10.3 Å². The molecule has 0 radical (unpaired) electrons. The van der Waals surface area contributed by atoms with Crippen molar-refractivity contribution in [3.63, 3.8) is 0 Å². The largest absolute Gasteiger partial charge is 0.327 e. The van der Waals surface area contributed by atoms with Gasteiger partial charge in [-0.1, -0.05) is 48.0 Å². The van der Waals surface area contributed by atoms with Crippen LogP contribution in [0.3, 0.4) is 0 Å². The molecule has 0 atom stereocenters. The van der Waals surface area contributed by atoms with E-state index in [-0.39, 0.29) is 0 Å². The number of aromatic nitrogens is 2. The number of rotatable bonds is 4. The van der Waals surface area contributed by atoms with Gasteiger partial charge in [0.15, 0.2) is 0 Å². The first-order valence-electron chi connectivity index (χ1n) is 6.82. The SMILES string of the molecule is NCc1ccc(Cn2ccnc2-c2ccccc2Cl)cc1. The predicted octanol–water partition coefficient (Wildman–Crippen LogP) is 3.71. The molecule has 0 aliphatic rings. The van der Waals surface area contributed by atoms with Crippen molar-refractivity contribution in [2.75, 3.05) is 0 Å². The minimum absolute atomic E-state index is 0.566. The summed E-state index contributed by atoms with van der Waals surface area (Å²) in [6, 6.07) is 16.1. The third kappa shape index (κ3) is 2.99. The molecule has 0 saturated heterocycles. The molecule has 4 heteroatoms. The van der Waals surface area contributed by atoms with Crippen molar-refractivity contribution in [3.8, 4) is 11.4 Å². The standard InChI is InChI=1S/C17H16ClN3/c18-16-4-2-1-3-15(16)17-20-9-10-21(17)12-14-7-5-13(11-19)6-8-14/h1-10H,11-12,19H2. The zero-order valence-corrected chi connectivity index (χ0v) is 12.3. The molecule has 0 amide bonds. The zero-order valence-electron chi connectivity index (χ0n) is 11.5. The maximum Gasteiger partial charge on any atom is 0.141 e. The highest BCUT2D eigenvalue weighted by atomic mass is 35.5. The van der Waals surface area contributed by atoms with Crippen LogP contribution in [0.1, 0.15) is 11.1 Å². The Labute approximate surface area is 129 Å². The first-order chi connectivity index (χ1) is 10.3. The van der Waals surface area contributed by atoms with E-state index < -0.39 is 0 Å². The molecule has 2 N–H and O–H groups in total. The lowest BCUT2D eigenvalue weighted by Crippen LogP contribution is -2.02. The summed E-state index contributed by atoms with van der Waals surface area (Å²) in [6.45, 7) is 1.32. The average molecular weight is 298 g/mol. The van der Waals surface area contributed by atoms with Crippen LogP contribution in [0.25, 0.3) is 11.4 Å². The van der Waals surface area contributed by atoms with Gasteiger partial charge in [0.25, 0.3) is 0 Å². The van der Waals surface area contributed by atoms with E-state index >= 15 is 0 Å². The van der Waals surface area contributed by atoms with Gasteiger partial charge in [-0.2, -0.15) is 0 Å².